The van der Waals surface area contributed by atoms with E-state index in [2.05, 4.69) is 9.97 Å². The predicted molar refractivity (Wildman–Crippen MR) is 124 cm³/mol. The van der Waals surface area contributed by atoms with Crippen molar-refractivity contribution in [2.75, 3.05) is 0 Å². The summed E-state index contributed by atoms with van der Waals surface area (Å²) in [5.74, 6) is 0.0859. The molecule has 158 valence electrons. The number of benzene rings is 3. The quantitative estimate of drug-likeness (QED) is 0.323. The van der Waals surface area contributed by atoms with Gasteiger partial charge in [-0.25, -0.2) is 14.4 Å². The minimum atomic E-state index is -0.393. The first-order chi connectivity index (χ1) is 15.5. The maximum atomic E-state index is 13.5. The third kappa shape index (κ3) is 3.58. The van der Waals surface area contributed by atoms with Gasteiger partial charge in [-0.15, -0.1) is 0 Å². The SMILES string of the molecule is CC(Sc1nc2ccccc2c(=O)n1-c1ccc(F)cc1)c1nc2ccccc2c(=O)[nH]1. The van der Waals surface area contributed by atoms with E-state index in [9.17, 15) is 14.0 Å². The summed E-state index contributed by atoms with van der Waals surface area (Å²) in [5.41, 5.74) is 1.19. The highest BCUT2D eigenvalue weighted by molar-refractivity contribution is 7.99. The van der Waals surface area contributed by atoms with Crippen molar-refractivity contribution in [3.63, 3.8) is 0 Å². The van der Waals surface area contributed by atoms with Gasteiger partial charge >= 0.3 is 0 Å². The molecular weight excluding hydrogens is 427 g/mol. The number of H-pyrrole nitrogens is 1. The predicted octanol–water partition coefficient (Wildman–Crippen LogP) is 4.61. The Morgan fingerprint density at radius 1 is 0.875 bits per heavy atom. The van der Waals surface area contributed by atoms with Crippen molar-refractivity contribution in [3.8, 4) is 5.69 Å². The number of para-hydroxylation sites is 2. The van der Waals surface area contributed by atoms with Crippen LogP contribution in [0.25, 0.3) is 27.5 Å². The topological polar surface area (TPSA) is 80.6 Å². The highest BCUT2D eigenvalue weighted by Gasteiger charge is 2.19. The molecule has 6 nitrogen and oxygen atoms in total. The molecule has 0 fully saturated rings. The Hall–Kier alpha value is -3.78. The standard InChI is InChI=1S/C24H17FN4O2S/c1-14(21-26-19-8-4-2-6-17(19)22(30)28-21)32-24-27-20-9-5-3-7-18(20)23(31)29(24)16-12-10-15(25)11-13-16/h2-14H,1H3,(H,26,28,30). The fourth-order valence-corrected chi connectivity index (χ4v) is 4.50. The van der Waals surface area contributed by atoms with Crippen molar-refractivity contribution in [1.82, 2.24) is 19.5 Å². The molecule has 32 heavy (non-hydrogen) atoms. The Balaban J connectivity index is 1.65. The van der Waals surface area contributed by atoms with Gasteiger partial charge in [0.25, 0.3) is 11.1 Å². The molecule has 1 N–H and O–H groups in total. The van der Waals surface area contributed by atoms with Crippen LogP contribution in [-0.2, 0) is 0 Å². The first-order valence-corrected chi connectivity index (χ1v) is 10.8. The van der Waals surface area contributed by atoms with Crippen LogP contribution >= 0.6 is 11.8 Å². The lowest BCUT2D eigenvalue weighted by Crippen LogP contribution is -2.22. The lowest BCUT2D eigenvalue weighted by atomic mass is 10.2. The number of hydrogen-bond acceptors (Lipinski definition) is 5. The minimum absolute atomic E-state index is 0.222. The Morgan fingerprint density at radius 3 is 2.22 bits per heavy atom. The van der Waals surface area contributed by atoms with Crippen LogP contribution in [0.4, 0.5) is 4.39 Å². The van der Waals surface area contributed by atoms with Crippen LogP contribution in [-0.4, -0.2) is 19.5 Å². The highest BCUT2D eigenvalue weighted by atomic mass is 32.2. The van der Waals surface area contributed by atoms with Crippen molar-refractivity contribution in [1.29, 1.82) is 0 Å². The molecule has 0 saturated heterocycles. The average Bonchev–Trinajstić information content (AvgIpc) is 2.80. The fraction of sp³-hybridized carbons (Fsp3) is 0.0833. The second kappa shape index (κ2) is 8.05. The van der Waals surface area contributed by atoms with Crippen LogP contribution in [0.1, 0.15) is 18.0 Å². The van der Waals surface area contributed by atoms with E-state index in [0.717, 1.165) is 0 Å². The van der Waals surface area contributed by atoms with Gasteiger partial charge in [-0.05, 0) is 55.5 Å². The number of fused-ring (bicyclic) bond motifs is 2. The van der Waals surface area contributed by atoms with Crippen LogP contribution in [0.5, 0.6) is 0 Å². The molecule has 2 heterocycles. The molecule has 0 radical (unpaired) electrons. The van der Waals surface area contributed by atoms with E-state index in [1.807, 2.05) is 19.1 Å². The van der Waals surface area contributed by atoms with Gasteiger partial charge in [0.05, 0.1) is 32.7 Å². The molecule has 5 rings (SSSR count). The van der Waals surface area contributed by atoms with E-state index in [1.165, 1.54) is 40.6 Å². The smallest absolute Gasteiger partial charge is 0.266 e. The summed E-state index contributed by atoms with van der Waals surface area (Å²) in [4.78, 5) is 37.9. The normalized spacial score (nSPS) is 12.3. The number of aromatic amines is 1. The summed E-state index contributed by atoms with van der Waals surface area (Å²) >= 11 is 1.29. The van der Waals surface area contributed by atoms with Crippen LogP contribution in [0.2, 0.25) is 0 Å². The lowest BCUT2D eigenvalue weighted by molar-refractivity contribution is 0.627. The molecule has 2 aromatic heterocycles. The second-order valence-corrected chi connectivity index (χ2v) is 8.56. The molecule has 0 saturated carbocycles. The zero-order chi connectivity index (χ0) is 22.2. The second-order valence-electron chi connectivity index (χ2n) is 7.26. The van der Waals surface area contributed by atoms with E-state index in [4.69, 9.17) is 4.98 Å². The lowest BCUT2D eigenvalue weighted by Gasteiger charge is -2.16. The van der Waals surface area contributed by atoms with Gasteiger partial charge in [0.1, 0.15) is 11.6 Å². The summed E-state index contributed by atoms with van der Waals surface area (Å²) < 4.78 is 15.0. The van der Waals surface area contributed by atoms with Crippen LogP contribution in [0.3, 0.4) is 0 Å². The zero-order valence-electron chi connectivity index (χ0n) is 16.9. The van der Waals surface area contributed by atoms with Crippen molar-refractivity contribution < 1.29 is 4.39 Å². The summed E-state index contributed by atoms with van der Waals surface area (Å²) in [5, 5.41) is 1.09. The van der Waals surface area contributed by atoms with Gasteiger partial charge in [0.15, 0.2) is 5.16 Å². The molecule has 0 spiro atoms. The molecule has 0 aliphatic rings. The van der Waals surface area contributed by atoms with E-state index >= 15 is 0 Å². The number of aromatic nitrogens is 4. The molecule has 1 atom stereocenters. The van der Waals surface area contributed by atoms with Gasteiger partial charge in [-0.2, -0.15) is 0 Å². The molecule has 0 bridgehead atoms. The summed E-state index contributed by atoms with van der Waals surface area (Å²) in [6, 6.07) is 19.9. The molecule has 5 aromatic rings. The Kier molecular flexibility index (Phi) is 5.07. The largest absolute Gasteiger partial charge is 0.309 e. The number of halogens is 1. The van der Waals surface area contributed by atoms with Crippen molar-refractivity contribution >= 4 is 33.6 Å². The first kappa shape index (κ1) is 20.1. The minimum Gasteiger partial charge on any atom is -0.309 e. The maximum Gasteiger partial charge on any atom is 0.266 e. The molecule has 0 aliphatic heterocycles. The van der Waals surface area contributed by atoms with Crippen molar-refractivity contribution in [3.05, 3.63) is 105 Å². The van der Waals surface area contributed by atoms with Crippen LogP contribution in [0.15, 0.2) is 87.5 Å². The molecule has 3 aromatic carbocycles. The average molecular weight is 444 g/mol. The first-order valence-electron chi connectivity index (χ1n) is 9.94. The van der Waals surface area contributed by atoms with Gasteiger partial charge in [-0.3, -0.25) is 14.2 Å². The fourth-order valence-electron chi connectivity index (χ4n) is 3.52. The highest BCUT2D eigenvalue weighted by Crippen LogP contribution is 2.33. The van der Waals surface area contributed by atoms with Crippen molar-refractivity contribution in [2.24, 2.45) is 0 Å². The van der Waals surface area contributed by atoms with Crippen LogP contribution < -0.4 is 11.1 Å². The van der Waals surface area contributed by atoms with Gasteiger partial charge < -0.3 is 4.98 Å². The van der Waals surface area contributed by atoms with E-state index in [-0.39, 0.29) is 16.4 Å². The third-order valence-corrected chi connectivity index (χ3v) is 6.19. The van der Waals surface area contributed by atoms with Gasteiger partial charge in [-0.1, -0.05) is 36.0 Å². The zero-order valence-corrected chi connectivity index (χ0v) is 17.8. The molecule has 8 heteroatoms. The molecular formula is C24H17FN4O2S. The Labute approximate surface area is 185 Å². The Morgan fingerprint density at radius 2 is 1.50 bits per heavy atom. The maximum absolute atomic E-state index is 13.5. The van der Waals surface area contributed by atoms with Crippen molar-refractivity contribution in [2.45, 2.75) is 17.3 Å². The monoisotopic (exact) mass is 444 g/mol. The summed E-state index contributed by atoms with van der Waals surface area (Å²) in [7, 11) is 0. The summed E-state index contributed by atoms with van der Waals surface area (Å²) in [6.07, 6.45) is 0. The number of thioether (sulfide) groups is 1. The number of nitrogens with zero attached hydrogens (tertiary/aromatic N) is 3. The van der Waals surface area contributed by atoms with E-state index < -0.39 is 5.82 Å². The van der Waals surface area contributed by atoms with Gasteiger partial charge in [0, 0.05) is 0 Å². The van der Waals surface area contributed by atoms with E-state index in [1.54, 1.807) is 36.4 Å². The summed E-state index contributed by atoms with van der Waals surface area (Å²) in [6.45, 7) is 1.88. The Bertz CT molecular complexity index is 1580. The van der Waals surface area contributed by atoms with Crippen LogP contribution in [0, 0.1) is 5.82 Å². The third-order valence-electron chi connectivity index (χ3n) is 5.13. The number of hydrogen-bond donors (Lipinski definition) is 1. The number of rotatable bonds is 4. The molecule has 0 amide bonds. The number of nitrogens with one attached hydrogen (secondary N) is 1. The molecule has 1 unspecified atom stereocenters. The molecule has 0 aliphatic carbocycles. The van der Waals surface area contributed by atoms with Gasteiger partial charge in [0.2, 0.25) is 0 Å². The van der Waals surface area contributed by atoms with E-state index in [0.29, 0.717) is 38.5 Å².